The van der Waals surface area contributed by atoms with Crippen molar-refractivity contribution in [1.82, 2.24) is 5.32 Å². The van der Waals surface area contributed by atoms with Crippen molar-refractivity contribution < 1.29 is 31.1 Å². The van der Waals surface area contributed by atoms with Gasteiger partial charge < -0.3 is 5.32 Å². The molecule has 7 aromatic rings. The summed E-state index contributed by atoms with van der Waals surface area (Å²) in [7, 11) is -1.19. The first-order valence-corrected chi connectivity index (χ1v) is 18.0. The van der Waals surface area contributed by atoms with Gasteiger partial charge in [-0.15, -0.1) is 0 Å². The van der Waals surface area contributed by atoms with Crippen LogP contribution < -0.4 is 15.9 Å². The largest absolute Gasteiger partial charge is 0.416 e. The molecule has 0 aliphatic rings. The predicted octanol–water partition coefficient (Wildman–Crippen LogP) is 11.3. The summed E-state index contributed by atoms with van der Waals surface area (Å²) < 4.78 is 83.2. The van der Waals surface area contributed by atoms with E-state index in [1.54, 1.807) is 0 Å². The standard InChI is InChI=1S/C43H30F6NOP/c44-42(45,46)31-24-30(25-32(26-31)43(47,48)49)41(51)50-39(27-52(33-15-3-1-4-16-33)34-17-5-2-6-18-34)37-21-11-12-22-38(37)40-35-19-9-7-13-28(35)23-29-14-8-10-20-36(29)40/h1-26,39H,27H2,(H,50,51)/t39-/m0/s1. The summed E-state index contributed by atoms with van der Waals surface area (Å²) >= 11 is 0. The van der Waals surface area contributed by atoms with Crippen LogP contribution in [0.25, 0.3) is 32.7 Å². The van der Waals surface area contributed by atoms with Gasteiger partial charge in [0.2, 0.25) is 0 Å². The van der Waals surface area contributed by atoms with Crippen molar-refractivity contribution in [2.24, 2.45) is 0 Å². The third-order valence-corrected chi connectivity index (χ3v) is 11.6. The lowest BCUT2D eigenvalue weighted by Crippen LogP contribution is -2.33. The van der Waals surface area contributed by atoms with Gasteiger partial charge in [-0.3, -0.25) is 4.79 Å². The molecule has 7 rings (SSSR count). The Morgan fingerprint density at radius 3 is 1.54 bits per heavy atom. The van der Waals surface area contributed by atoms with E-state index in [9.17, 15) is 31.1 Å². The van der Waals surface area contributed by atoms with E-state index >= 15 is 0 Å². The van der Waals surface area contributed by atoms with Gasteiger partial charge in [0, 0.05) is 11.7 Å². The van der Waals surface area contributed by atoms with Crippen LogP contribution in [0.4, 0.5) is 26.3 Å². The van der Waals surface area contributed by atoms with Gasteiger partial charge in [0.05, 0.1) is 17.2 Å². The number of carbonyl (C=O) groups excluding carboxylic acids is 1. The lowest BCUT2D eigenvalue weighted by atomic mass is 9.88. The number of carbonyl (C=O) groups is 1. The zero-order valence-corrected chi connectivity index (χ0v) is 28.3. The van der Waals surface area contributed by atoms with Gasteiger partial charge in [0.25, 0.3) is 5.91 Å². The monoisotopic (exact) mass is 721 g/mol. The van der Waals surface area contributed by atoms with Gasteiger partial charge in [-0.2, -0.15) is 26.3 Å². The van der Waals surface area contributed by atoms with E-state index in [0.29, 0.717) is 23.9 Å². The topological polar surface area (TPSA) is 29.1 Å². The third-order valence-electron chi connectivity index (χ3n) is 9.03. The minimum absolute atomic E-state index is 0.0270. The first kappa shape index (κ1) is 35.0. The van der Waals surface area contributed by atoms with Crippen LogP contribution in [-0.4, -0.2) is 12.1 Å². The number of amides is 1. The van der Waals surface area contributed by atoms with E-state index in [1.807, 2.05) is 133 Å². The lowest BCUT2D eigenvalue weighted by Gasteiger charge is -2.28. The quantitative estimate of drug-likeness (QED) is 0.0945. The predicted molar refractivity (Wildman–Crippen MR) is 197 cm³/mol. The highest BCUT2D eigenvalue weighted by molar-refractivity contribution is 7.73. The number of rotatable bonds is 8. The number of alkyl halides is 6. The smallest absolute Gasteiger partial charge is 0.345 e. The minimum Gasteiger partial charge on any atom is -0.345 e. The molecule has 0 fully saturated rings. The maximum absolute atomic E-state index is 14.1. The number of benzene rings is 7. The van der Waals surface area contributed by atoms with Crippen molar-refractivity contribution in [3.63, 3.8) is 0 Å². The summed E-state index contributed by atoms with van der Waals surface area (Å²) in [5, 5.41) is 8.82. The normalized spacial score (nSPS) is 12.7. The minimum atomic E-state index is -5.10. The van der Waals surface area contributed by atoms with E-state index in [0.717, 1.165) is 43.3 Å². The average Bonchev–Trinajstić information content (AvgIpc) is 3.15. The summed E-state index contributed by atoms with van der Waals surface area (Å²) in [5.41, 5.74) is -1.46. The molecule has 9 heteroatoms. The van der Waals surface area contributed by atoms with Crippen LogP contribution in [0.2, 0.25) is 0 Å². The molecule has 0 heterocycles. The summed E-state index contributed by atoms with van der Waals surface area (Å²) in [6.07, 6.45) is -9.90. The molecular weight excluding hydrogens is 691 g/mol. The SMILES string of the molecule is O=C(N[C@@H](CP(c1ccccc1)c1ccccc1)c1ccccc1-c1c2ccccc2cc2ccccc12)c1cc(C(F)(F)F)cc(C(F)(F)F)c1. The molecule has 0 aliphatic carbocycles. The van der Waals surface area contributed by atoms with Crippen molar-refractivity contribution in [1.29, 1.82) is 0 Å². The molecule has 1 N–H and O–H groups in total. The molecule has 2 nitrogen and oxygen atoms in total. The van der Waals surface area contributed by atoms with Crippen molar-refractivity contribution in [3.05, 3.63) is 180 Å². The fourth-order valence-corrected chi connectivity index (χ4v) is 9.08. The Hall–Kier alpha value is -5.46. The third kappa shape index (κ3) is 7.30. The molecule has 52 heavy (non-hydrogen) atoms. The second-order valence-corrected chi connectivity index (χ2v) is 14.6. The first-order valence-electron chi connectivity index (χ1n) is 16.4. The zero-order chi connectivity index (χ0) is 36.5. The van der Waals surface area contributed by atoms with Crippen LogP contribution in [-0.2, 0) is 12.4 Å². The summed E-state index contributed by atoms with van der Waals surface area (Å²) in [5.74, 6) is -1.05. The van der Waals surface area contributed by atoms with E-state index in [-0.39, 0.29) is 6.07 Å². The Balaban J connectivity index is 1.43. The van der Waals surface area contributed by atoms with E-state index < -0.39 is 48.9 Å². The second kappa shape index (κ2) is 14.3. The maximum atomic E-state index is 14.1. The van der Waals surface area contributed by atoms with Gasteiger partial charge in [-0.1, -0.05) is 133 Å². The number of fused-ring (bicyclic) bond motifs is 2. The van der Waals surface area contributed by atoms with Gasteiger partial charge in [0.1, 0.15) is 0 Å². The van der Waals surface area contributed by atoms with Crippen LogP contribution in [0.5, 0.6) is 0 Å². The van der Waals surface area contributed by atoms with E-state index in [4.69, 9.17) is 0 Å². The van der Waals surface area contributed by atoms with E-state index in [2.05, 4.69) is 11.4 Å². The van der Waals surface area contributed by atoms with Gasteiger partial charge in [-0.05, 0) is 81.0 Å². The molecule has 0 aliphatic heterocycles. The molecule has 1 atom stereocenters. The molecule has 0 spiro atoms. The molecule has 0 saturated carbocycles. The maximum Gasteiger partial charge on any atom is 0.416 e. The van der Waals surface area contributed by atoms with Gasteiger partial charge in [0.15, 0.2) is 0 Å². The lowest BCUT2D eigenvalue weighted by molar-refractivity contribution is -0.143. The van der Waals surface area contributed by atoms with Crippen LogP contribution in [0.15, 0.2) is 158 Å². The van der Waals surface area contributed by atoms with Crippen molar-refractivity contribution >= 4 is 46.0 Å². The van der Waals surface area contributed by atoms with Gasteiger partial charge >= 0.3 is 12.4 Å². The molecule has 0 unspecified atom stereocenters. The summed E-state index contributed by atoms with van der Waals surface area (Å²) in [4.78, 5) is 14.1. The van der Waals surface area contributed by atoms with Gasteiger partial charge in [-0.25, -0.2) is 0 Å². The van der Waals surface area contributed by atoms with E-state index in [1.165, 1.54) is 0 Å². The van der Waals surface area contributed by atoms with Crippen molar-refractivity contribution in [2.75, 3.05) is 6.16 Å². The molecule has 0 bridgehead atoms. The summed E-state index contributed by atoms with van der Waals surface area (Å²) in [6.45, 7) is 0. The molecule has 260 valence electrons. The molecule has 1 amide bonds. The highest BCUT2D eigenvalue weighted by atomic mass is 31.1. The fraction of sp³-hybridized carbons (Fsp3) is 0.0930. The van der Waals surface area contributed by atoms with Crippen LogP contribution >= 0.6 is 7.92 Å². The molecule has 7 aromatic carbocycles. The highest BCUT2D eigenvalue weighted by Gasteiger charge is 2.38. The van der Waals surface area contributed by atoms with Crippen LogP contribution in [0.1, 0.15) is 33.1 Å². The Morgan fingerprint density at radius 2 is 1.02 bits per heavy atom. The average molecular weight is 722 g/mol. The number of nitrogens with one attached hydrogen (secondary N) is 1. The van der Waals surface area contributed by atoms with Crippen molar-refractivity contribution in [3.8, 4) is 11.1 Å². The number of hydrogen-bond donors (Lipinski definition) is 1. The second-order valence-electron chi connectivity index (χ2n) is 12.4. The first-order chi connectivity index (χ1) is 25.0. The Kier molecular flexibility index (Phi) is 9.60. The Labute approximate surface area is 297 Å². The van der Waals surface area contributed by atoms with Crippen LogP contribution in [0.3, 0.4) is 0 Å². The Morgan fingerprint density at radius 1 is 0.558 bits per heavy atom. The fourth-order valence-electron chi connectivity index (χ4n) is 6.64. The number of hydrogen-bond acceptors (Lipinski definition) is 1. The Bertz CT molecular complexity index is 2250. The summed E-state index contributed by atoms with van der Waals surface area (Å²) in [6, 6.07) is 45.0. The number of halogens is 6. The molecule has 0 radical (unpaired) electrons. The zero-order valence-electron chi connectivity index (χ0n) is 27.4. The van der Waals surface area contributed by atoms with Crippen LogP contribution in [0, 0.1) is 0 Å². The molecule has 0 saturated heterocycles. The molecular formula is C43H30F6NOP. The highest BCUT2D eigenvalue weighted by Crippen LogP contribution is 2.44. The molecule has 0 aromatic heterocycles. The van der Waals surface area contributed by atoms with Crippen molar-refractivity contribution in [2.45, 2.75) is 18.4 Å².